The van der Waals surface area contributed by atoms with E-state index in [2.05, 4.69) is 4.98 Å². The molecule has 0 spiro atoms. The number of halogens is 3. The number of aromatic nitrogens is 1. The summed E-state index contributed by atoms with van der Waals surface area (Å²) >= 11 is 1.89. The summed E-state index contributed by atoms with van der Waals surface area (Å²) in [4.78, 5) is 15.2. The van der Waals surface area contributed by atoms with Gasteiger partial charge in [0.25, 0.3) is 6.43 Å². The number of esters is 1. The molecular formula is C11H13F2IN2O2. The molecule has 0 saturated carbocycles. The average Bonchev–Trinajstić information content (AvgIpc) is 2.31. The van der Waals surface area contributed by atoms with Crippen molar-refractivity contribution < 1.29 is 18.3 Å². The van der Waals surface area contributed by atoms with Crippen molar-refractivity contribution in [1.29, 1.82) is 0 Å². The molecule has 2 N–H and O–H groups in total. The number of hydrogen-bond acceptors (Lipinski definition) is 4. The van der Waals surface area contributed by atoms with Gasteiger partial charge in [0.2, 0.25) is 0 Å². The van der Waals surface area contributed by atoms with E-state index in [1.54, 1.807) is 6.92 Å². The monoisotopic (exact) mass is 370 g/mol. The molecule has 18 heavy (non-hydrogen) atoms. The molecule has 0 radical (unpaired) electrons. The van der Waals surface area contributed by atoms with Crippen molar-refractivity contribution >= 4 is 28.6 Å². The Morgan fingerprint density at radius 2 is 2.28 bits per heavy atom. The van der Waals surface area contributed by atoms with Gasteiger partial charge in [-0.15, -0.1) is 0 Å². The summed E-state index contributed by atoms with van der Waals surface area (Å²) in [6, 6.07) is 1.26. The van der Waals surface area contributed by atoms with Gasteiger partial charge in [0.1, 0.15) is 5.69 Å². The summed E-state index contributed by atoms with van der Waals surface area (Å²) in [7, 11) is 0. The van der Waals surface area contributed by atoms with Crippen molar-refractivity contribution in [2.75, 3.05) is 6.61 Å². The maximum absolute atomic E-state index is 12.6. The van der Waals surface area contributed by atoms with Crippen LogP contribution in [0.15, 0.2) is 6.07 Å². The van der Waals surface area contributed by atoms with Crippen LogP contribution in [-0.2, 0) is 22.5 Å². The Morgan fingerprint density at radius 3 is 2.78 bits per heavy atom. The Labute approximate surface area is 117 Å². The second kappa shape index (κ2) is 6.93. The molecule has 0 atom stereocenters. The summed E-state index contributed by atoms with van der Waals surface area (Å²) in [5, 5.41) is 0. The molecule has 0 aliphatic carbocycles. The summed E-state index contributed by atoms with van der Waals surface area (Å²) < 4.78 is 30.5. The van der Waals surface area contributed by atoms with Gasteiger partial charge in [-0.25, -0.2) is 8.78 Å². The van der Waals surface area contributed by atoms with E-state index in [-0.39, 0.29) is 25.3 Å². The van der Waals surface area contributed by atoms with Crippen LogP contribution in [0.5, 0.6) is 0 Å². The summed E-state index contributed by atoms with van der Waals surface area (Å²) in [6.07, 6.45) is -2.66. The Balaban J connectivity index is 3.07. The molecule has 1 heterocycles. The van der Waals surface area contributed by atoms with E-state index in [1.807, 2.05) is 22.6 Å². The fourth-order valence-electron chi connectivity index (χ4n) is 1.43. The van der Waals surface area contributed by atoms with Gasteiger partial charge < -0.3 is 10.5 Å². The van der Waals surface area contributed by atoms with Crippen molar-refractivity contribution in [2.45, 2.75) is 26.3 Å². The number of nitrogens with two attached hydrogens (primary N) is 1. The number of ether oxygens (including phenoxy) is 1. The summed E-state index contributed by atoms with van der Waals surface area (Å²) in [5.74, 6) is -0.420. The lowest BCUT2D eigenvalue weighted by Gasteiger charge is -2.11. The minimum atomic E-state index is -2.65. The lowest BCUT2D eigenvalue weighted by molar-refractivity contribution is -0.142. The summed E-state index contributed by atoms with van der Waals surface area (Å²) in [6.45, 7) is 1.98. The Kier molecular flexibility index (Phi) is 5.86. The van der Waals surface area contributed by atoms with E-state index in [9.17, 15) is 13.6 Å². The van der Waals surface area contributed by atoms with Crippen molar-refractivity contribution in [1.82, 2.24) is 4.98 Å². The molecule has 0 saturated heterocycles. The van der Waals surface area contributed by atoms with E-state index in [0.29, 0.717) is 14.8 Å². The van der Waals surface area contributed by atoms with Gasteiger partial charge in [-0.3, -0.25) is 9.78 Å². The molecule has 7 heteroatoms. The van der Waals surface area contributed by atoms with Gasteiger partial charge in [-0.05, 0) is 41.1 Å². The van der Waals surface area contributed by atoms with E-state index in [0.717, 1.165) is 0 Å². The Bertz CT molecular complexity index is 441. The first kappa shape index (κ1) is 15.2. The average molecular weight is 370 g/mol. The van der Waals surface area contributed by atoms with E-state index in [4.69, 9.17) is 10.5 Å². The third-order valence-electron chi connectivity index (χ3n) is 2.22. The highest BCUT2D eigenvalue weighted by atomic mass is 127. The lowest BCUT2D eigenvalue weighted by Crippen LogP contribution is -2.15. The van der Waals surface area contributed by atoms with Gasteiger partial charge in [-0.1, -0.05) is 0 Å². The Morgan fingerprint density at radius 1 is 1.61 bits per heavy atom. The minimum Gasteiger partial charge on any atom is -0.466 e. The number of carbonyl (C=O) groups excluding carboxylic acids is 1. The number of hydrogen-bond donors (Lipinski definition) is 1. The predicted molar refractivity (Wildman–Crippen MR) is 70.1 cm³/mol. The van der Waals surface area contributed by atoms with E-state index < -0.39 is 12.4 Å². The van der Waals surface area contributed by atoms with Gasteiger partial charge in [0.05, 0.1) is 18.7 Å². The minimum absolute atomic E-state index is 0.00480. The molecule has 0 unspecified atom stereocenters. The predicted octanol–water partition coefficient (Wildman–Crippen LogP) is 2.19. The number of alkyl halides is 2. The normalized spacial score (nSPS) is 10.8. The highest BCUT2D eigenvalue weighted by Gasteiger charge is 2.18. The molecule has 0 aliphatic heterocycles. The van der Waals surface area contributed by atoms with Gasteiger partial charge in [0.15, 0.2) is 0 Å². The molecular weight excluding hydrogens is 357 g/mol. The molecule has 0 aliphatic rings. The van der Waals surface area contributed by atoms with Crippen LogP contribution in [-0.4, -0.2) is 17.6 Å². The maximum atomic E-state index is 12.6. The zero-order valence-corrected chi connectivity index (χ0v) is 11.9. The van der Waals surface area contributed by atoms with E-state index >= 15 is 0 Å². The first-order chi connectivity index (χ1) is 8.49. The SMILES string of the molecule is CCOC(=O)Cc1c(I)cc(C(F)F)nc1CN. The summed E-state index contributed by atoms with van der Waals surface area (Å²) in [5.41, 5.74) is 6.02. The van der Waals surface area contributed by atoms with Gasteiger partial charge >= 0.3 is 5.97 Å². The van der Waals surface area contributed by atoms with Gasteiger partial charge in [-0.2, -0.15) is 0 Å². The third-order valence-corrected chi connectivity index (χ3v) is 3.18. The molecule has 100 valence electrons. The fraction of sp³-hybridized carbons (Fsp3) is 0.455. The first-order valence-corrected chi connectivity index (χ1v) is 6.39. The highest BCUT2D eigenvalue weighted by Crippen LogP contribution is 2.24. The number of nitrogens with zero attached hydrogens (tertiary/aromatic N) is 1. The van der Waals surface area contributed by atoms with Crippen LogP contribution < -0.4 is 5.73 Å². The molecule has 1 rings (SSSR count). The quantitative estimate of drug-likeness (QED) is 0.638. The molecule has 0 amide bonds. The zero-order valence-electron chi connectivity index (χ0n) is 9.75. The maximum Gasteiger partial charge on any atom is 0.310 e. The number of pyridine rings is 1. The van der Waals surface area contributed by atoms with Crippen LogP contribution in [0.4, 0.5) is 8.78 Å². The van der Waals surface area contributed by atoms with Gasteiger partial charge in [0, 0.05) is 10.1 Å². The van der Waals surface area contributed by atoms with Crippen LogP contribution in [0.25, 0.3) is 0 Å². The molecule has 4 nitrogen and oxygen atoms in total. The van der Waals surface area contributed by atoms with Crippen molar-refractivity contribution in [3.8, 4) is 0 Å². The van der Waals surface area contributed by atoms with Crippen molar-refractivity contribution in [3.05, 3.63) is 26.6 Å². The van der Waals surface area contributed by atoms with Crippen LogP contribution in [0.2, 0.25) is 0 Å². The van der Waals surface area contributed by atoms with Crippen molar-refractivity contribution in [3.63, 3.8) is 0 Å². The third kappa shape index (κ3) is 3.84. The van der Waals surface area contributed by atoms with E-state index in [1.165, 1.54) is 6.07 Å². The topological polar surface area (TPSA) is 65.2 Å². The van der Waals surface area contributed by atoms with Crippen LogP contribution >= 0.6 is 22.6 Å². The molecule has 1 aromatic rings. The molecule has 0 aromatic carbocycles. The zero-order chi connectivity index (χ0) is 13.7. The van der Waals surface area contributed by atoms with Crippen LogP contribution in [0, 0.1) is 3.57 Å². The lowest BCUT2D eigenvalue weighted by atomic mass is 10.1. The van der Waals surface area contributed by atoms with Crippen LogP contribution in [0.3, 0.4) is 0 Å². The number of rotatable bonds is 5. The first-order valence-electron chi connectivity index (χ1n) is 5.31. The standard InChI is InChI=1S/C11H13F2IN2O2/c1-2-18-10(17)3-6-7(14)4-8(11(12)13)16-9(6)5-15/h4,11H,2-3,5,15H2,1H3. The molecule has 0 fully saturated rings. The highest BCUT2D eigenvalue weighted by molar-refractivity contribution is 14.1. The smallest absolute Gasteiger partial charge is 0.310 e. The number of carbonyl (C=O) groups is 1. The van der Waals surface area contributed by atoms with Crippen LogP contribution in [0.1, 0.15) is 30.3 Å². The second-order valence-electron chi connectivity index (χ2n) is 3.44. The molecule has 0 bridgehead atoms. The fourth-order valence-corrected chi connectivity index (χ4v) is 2.25. The Hall–Kier alpha value is -0.830. The largest absolute Gasteiger partial charge is 0.466 e. The molecule has 1 aromatic heterocycles. The van der Waals surface area contributed by atoms with Crippen molar-refractivity contribution in [2.24, 2.45) is 5.73 Å². The second-order valence-corrected chi connectivity index (χ2v) is 4.60.